The minimum absolute atomic E-state index is 0.0125. The summed E-state index contributed by atoms with van der Waals surface area (Å²) in [6.45, 7) is 2.99. The van der Waals surface area contributed by atoms with Crippen molar-refractivity contribution in [2.24, 2.45) is 0 Å². The van der Waals surface area contributed by atoms with Crippen LogP contribution in [-0.2, 0) is 11.2 Å². The van der Waals surface area contributed by atoms with Crippen molar-refractivity contribution in [2.75, 3.05) is 13.1 Å². The van der Waals surface area contributed by atoms with Crippen LogP contribution in [0.2, 0.25) is 0 Å². The lowest BCUT2D eigenvalue weighted by Crippen LogP contribution is -2.36. The Morgan fingerprint density at radius 1 is 1.07 bits per heavy atom. The predicted molar refractivity (Wildman–Crippen MR) is 120 cm³/mol. The summed E-state index contributed by atoms with van der Waals surface area (Å²) in [6, 6.07) is 20.9. The Bertz CT molecular complexity index is 1070. The Morgan fingerprint density at radius 2 is 1.90 bits per heavy atom. The molecular weight excluding hydrogens is 378 g/mol. The number of aromatic nitrogens is 1. The molecule has 0 fully saturated rings. The summed E-state index contributed by atoms with van der Waals surface area (Å²) in [4.78, 5) is 16.9. The standard InChI is InChI=1S/C24H25N3OS/c1-17-8-10-18(11-9-17)24(22-7-4-14-29-22)27-16-23(28)25-13-12-19-15-26-21-6-3-2-5-20(19)21/h2-11,14-15,24,26-27H,12-13,16H2,1H3,(H,25,28)/t24-/m0/s1. The Hall–Kier alpha value is -2.89. The van der Waals surface area contributed by atoms with E-state index in [1.807, 2.05) is 24.4 Å². The van der Waals surface area contributed by atoms with Crippen LogP contribution < -0.4 is 10.6 Å². The number of thiophene rings is 1. The summed E-state index contributed by atoms with van der Waals surface area (Å²) in [7, 11) is 0. The van der Waals surface area contributed by atoms with Gasteiger partial charge in [0.25, 0.3) is 0 Å². The summed E-state index contributed by atoms with van der Waals surface area (Å²) in [6.07, 6.45) is 2.83. The lowest BCUT2D eigenvalue weighted by Gasteiger charge is -2.18. The number of carbonyl (C=O) groups is 1. The fraction of sp³-hybridized carbons (Fsp3) is 0.208. The molecule has 2 heterocycles. The van der Waals surface area contributed by atoms with Crippen LogP contribution in [0.15, 0.2) is 72.2 Å². The number of nitrogens with one attached hydrogen (secondary N) is 3. The average molecular weight is 404 g/mol. The molecule has 2 aromatic carbocycles. The van der Waals surface area contributed by atoms with Gasteiger partial charge < -0.3 is 10.3 Å². The van der Waals surface area contributed by atoms with E-state index in [4.69, 9.17) is 0 Å². The van der Waals surface area contributed by atoms with Gasteiger partial charge in [-0.2, -0.15) is 0 Å². The van der Waals surface area contributed by atoms with Crippen molar-refractivity contribution >= 4 is 28.1 Å². The molecule has 0 spiro atoms. The minimum atomic E-state index is 0.0125. The molecule has 3 N–H and O–H groups in total. The number of hydrogen-bond donors (Lipinski definition) is 3. The molecule has 0 aliphatic heterocycles. The maximum absolute atomic E-state index is 12.4. The third-order valence-electron chi connectivity index (χ3n) is 5.10. The van der Waals surface area contributed by atoms with Crippen molar-refractivity contribution in [3.8, 4) is 0 Å². The number of H-pyrrole nitrogens is 1. The van der Waals surface area contributed by atoms with Gasteiger partial charge in [0.1, 0.15) is 0 Å². The molecule has 2 aromatic heterocycles. The third kappa shape index (κ3) is 4.75. The van der Waals surface area contributed by atoms with E-state index in [0.29, 0.717) is 6.54 Å². The zero-order valence-electron chi connectivity index (χ0n) is 16.4. The van der Waals surface area contributed by atoms with Gasteiger partial charge in [-0.1, -0.05) is 54.1 Å². The second kappa shape index (κ2) is 9.07. The summed E-state index contributed by atoms with van der Waals surface area (Å²) in [5, 5.41) is 9.75. The molecule has 0 unspecified atom stereocenters. The van der Waals surface area contributed by atoms with E-state index in [9.17, 15) is 4.79 Å². The van der Waals surface area contributed by atoms with Gasteiger partial charge in [0, 0.05) is 28.5 Å². The van der Waals surface area contributed by atoms with Crippen LogP contribution in [-0.4, -0.2) is 24.0 Å². The first-order chi connectivity index (χ1) is 14.2. The second-order valence-corrected chi connectivity index (χ2v) is 8.18. The molecule has 29 heavy (non-hydrogen) atoms. The quantitative estimate of drug-likeness (QED) is 0.403. The molecule has 4 nitrogen and oxygen atoms in total. The first kappa shape index (κ1) is 19.4. The molecule has 1 atom stereocenters. The molecule has 0 saturated carbocycles. The largest absolute Gasteiger partial charge is 0.361 e. The highest BCUT2D eigenvalue weighted by Crippen LogP contribution is 2.26. The Balaban J connectivity index is 1.33. The van der Waals surface area contributed by atoms with E-state index in [2.05, 4.69) is 70.4 Å². The molecule has 0 aliphatic carbocycles. The average Bonchev–Trinajstić information content (AvgIpc) is 3.40. The number of rotatable bonds is 8. The van der Waals surface area contributed by atoms with E-state index >= 15 is 0 Å². The van der Waals surface area contributed by atoms with Crippen LogP contribution in [0.3, 0.4) is 0 Å². The van der Waals surface area contributed by atoms with Crippen molar-refractivity contribution in [1.29, 1.82) is 0 Å². The summed E-state index contributed by atoms with van der Waals surface area (Å²) in [5.74, 6) is 0.0125. The van der Waals surface area contributed by atoms with E-state index in [1.165, 1.54) is 27.0 Å². The van der Waals surface area contributed by atoms with Crippen molar-refractivity contribution in [1.82, 2.24) is 15.6 Å². The van der Waals surface area contributed by atoms with Gasteiger partial charge in [-0.3, -0.25) is 10.1 Å². The van der Waals surface area contributed by atoms with Crippen LogP contribution in [0, 0.1) is 6.92 Å². The maximum atomic E-state index is 12.4. The fourth-order valence-corrected chi connectivity index (χ4v) is 4.36. The zero-order chi connectivity index (χ0) is 20.1. The van der Waals surface area contributed by atoms with Crippen molar-refractivity contribution in [2.45, 2.75) is 19.4 Å². The summed E-state index contributed by atoms with van der Waals surface area (Å²) in [5.41, 5.74) is 4.76. The molecule has 0 bridgehead atoms. The SMILES string of the molecule is Cc1ccc([C@H](NCC(=O)NCCc2c[nH]c3ccccc23)c2cccs2)cc1. The van der Waals surface area contributed by atoms with Gasteiger partial charge >= 0.3 is 0 Å². The smallest absolute Gasteiger partial charge is 0.233 e. The fourth-order valence-electron chi connectivity index (χ4n) is 3.53. The number of para-hydroxylation sites is 1. The van der Waals surface area contributed by atoms with Gasteiger partial charge in [0.15, 0.2) is 0 Å². The van der Waals surface area contributed by atoms with Crippen LogP contribution in [0.5, 0.6) is 0 Å². The number of aryl methyl sites for hydroxylation is 1. The van der Waals surface area contributed by atoms with Gasteiger partial charge in [-0.25, -0.2) is 0 Å². The van der Waals surface area contributed by atoms with E-state index in [0.717, 1.165) is 11.9 Å². The number of fused-ring (bicyclic) bond motifs is 1. The molecule has 0 saturated heterocycles. The van der Waals surface area contributed by atoms with Crippen LogP contribution in [0.4, 0.5) is 0 Å². The van der Waals surface area contributed by atoms with Gasteiger partial charge in [-0.15, -0.1) is 11.3 Å². The van der Waals surface area contributed by atoms with Gasteiger partial charge in [0.05, 0.1) is 12.6 Å². The number of carbonyl (C=O) groups excluding carboxylic acids is 1. The molecule has 5 heteroatoms. The number of hydrogen-bond acceptors (Lipinski definition) is 3. The Kier molecular flexibility index (Phi) is 6.08. The van der Waals surface area contributed by atoms with Gasteiger partial charge in [0.2, 0.25) is 5.91 Å². The summed E-state index contributed by atoms with van der Waals surface area (Å²) < 4.78 is 0. The molecule has 4 aromatic rings. The highest BCUT2D eigenvalue weighted by molar-refractivity contribution is 7.10. The molecule has 4 rings (SSSR count). The first-order valence-electron chi connectivity index (χ1n) is 9.86. The predicted octanol–water partition coefficient (Wildman–Crippen LogP) is 4.58. The molecule has 148 valence electrons. The van der Waals surface area contributed by atoms with E-state index < -0.39 is 0 Å². The molecular formula is C24H25N3OS. The van der Waals surface area contributed by atoms with Crippen LogP contribution in [0.25, 0.3) is 10.9 Å². The molecule has 0 radical (unpaired) electrons. The lowest BCUT2D eigenvalue weighted by molar-refractivity contribution is -0.120. The van der Waals surface area contributed by atoms with Crippen LogP contribution >= 0.6 is 11.3 Å². The highest BCUT2D eigenvalue weighted by atomic mass is 32.1. The third-order valence-corrected chi connectivity index (χ3v) is 6.03. The molecule has 0 aliphatic rings. The highest BCUT2D eigenvalue weighted by Gasteiger charge is 2.16. The van der Waals surface area contributed by atoms with E-state index in [1.54, 1.807) is 11.3 Å². The topological polar surface area (TPSA) is 56.9 Å². The zero-order valence-corrected chi connectivity index (χ0v) is 17.3. The van der Waals surface area contributed by atoms with Gasteiger partial charge in [-0.05, 0) is 42.0 Å². The number of amides is 1. The summed E-state index contributed by atoms with van der Waals surface area (Å²) >= 11 is 1.70. The minimum Gasteiger partial charge on any atom is -0.361 e. The lowest BCUT2D eigenvalue weighted by atomic mass is 10.0. The Labute approximate surface area is 175 Å². The van der Waals surface area contributed by atoms with Crippen molar-refractivity contribution in [3.05, 3.63) is 93.8 Å². The maximum Gasteiger partial charge on any atom is 0.233 e. The first-order valence-corrected chi connectivity index (χ1v) is 10.7. The van der Waals surface area contributed by atoms with Crippen LogP contribution in [0.1, 0.15) is 27.6 Å². The number of aromatic amines is 1. The monoisotopic (exact) mass is 403 g/mol. The second-order valence-electron chi connectivity index (χ2n) is 7.20. The molecule has 1 amide bonds. The van der Waals surface area contributed by atoms with Crippen molar-refractivity contribution < 1.29 is 4.79 Å². The van der Waals surface area contributed by atoms with E-state index in [-0.39, 0.29) is 18.5 Å². The van der Waals surface area contributed by atoms with Crippen molar-refractivity contribution in [3.63, 3.8) is 0 Å². The Morgan fingerprint density at radius 3 is 2.69 bits per heavy atom. The number of benzene rings is 2. The normalized spacial score (nSPS) is 12.2.